The molecule has 0 saturated heterocycles. The van der Waals surface area contributed by atoms with E-state index in [0.717, 1.165) is 22.0 Å². The molecule has 0 radical (unpaired) electrons. The molecule has 130 valence electrons. The summed E-state index contributed by atoms with van der Waals surface area (Å²) in [5, 5.41) is 4.72. The number of hydrogen-bond donors (Lipinski definition) is 1. The van der Waals surface area contributed by atoms with Crippen LogP contribution < -0.4 is 10.2 Å². The fraction of sp³-hybridized carbons (Fsp3) is 0.143. The van der Waals surface area contributed by atoms with Crippen LogP contribution in [0.4, 0.5) is 10.1 Å². The number of nitrogens with zero attached hydrogens (tertiary/aromatic N) is 1. The highest BCUT2D eigenvalue weighted by atomic mass is 19.1. The van der Waals surface area contributed by atoms with Crippen LogP contribution >= 0.6 is 0 Å². The molecule has 0 fully saturated rings. The molecule has 26 heavy (non-hydrogen) atoms. The van der Waals surface area contributed by atoms with E-state index in [1.165, 1.54) is 17.0 Å². The molecule has 4 nitrogen and oxygen atoms in total. The predicted octanol–water partition coefficient (Wildman–Crippen LogP) is 3.30. The van der Waals surface area contributed by atoms with Crippen LogP contribution in [0.5, 0.6) is 0 Å². The van der Waals surface area contributed by atoms with Crippen LogP contribution in [-0.2, 0) is 11.2 Å². The predicted molar refractivity (Wildman–Crippen MR) is 98.7 cm³/mol. The first-order valence-electron chi connectivity index (χ1n) is 8.48. The van der Waals surface area contributed by atoms with E-state index in [4.69, 9.17) is 0 Å². The number of anilines is 1. The van der Waals surface area contributed by atoms with Crippen LogP contribution in [0.2, 0.25) is 0 Å². The van der Waals surface area contributed by atoms with Gasteiger partial charge in [0.05, 0.1) is 5.69 Å². The summed E-state index contributed by atoms with van der Waals surface area (Å²) in [4.78, 5) is 26.5. The molecule has 0 unspecified atom stereocenters. The van der Waals surface area contributed by atoms with Crippen LogP contribution in [0.15, 0.2) is 60.7 Å². The Morgan fingerprint density at radius 3 is 2.50 bits per heavy atom. The number of amides is 2. The van der Waals surface area contributed by atoms with Crippen LogP contribution in [0.25, 0.3) is 10.8 Å². The zero-order valence-corrected chi connectivity index (χ0v) is 14.0. The fourth-order valence-electron chi connectivity index (χ4n) is 3.33. The van der Waals surface area contributed by atoms with Crippen LogP contribution in [0, 0.1) is 5.82 Å². The zero-order chi connectivity index (χ0) is 18.1. The Hall–Kier alpha value is -3.21. The van der Waals surface area contributed by atoms with E-state index in [1.807, 2.05) is 30.3 Å². The van der Waals surface area contributed by atoms with Gasteiger partial charge in [0.1, 0.15) is 12.4 Å². The van der Waals surface area contributed by atoms with Gasteiger partial charge in [-0.15, -0.1) is 0 Å². The smallest absolute Gasteiger partial charge is 0.259 e. The number of benzene rings is 3. The number of carbonyl (C=O) groups excluding carboxylic acids is 2. The third kappa shape index (κ3) is 2.92. The molecule has 0 bridgehead atoms. The average Bonchev–Trinajstić information content (AvgIpc) is 2.92. The van der Waals surface area contributed by atoms with Gasteiger partial charge in [-0.3, -0.25) is 14.5 Å². The zero-order valence-electron chi connectivity index (χ0n) is 14.0. The summed E-state index contributed by atoms with van der Waals surface area (Å²) >= 11 is 0. The highest BCUT2D eigenvalue weighted by Crippen LogP contribution is 2.36. The van der Waals surface area contributed by atoms with Crippen molar-refractivity contribution in [2.75, 3.05) is 18.0 Å². The molecular weight excluding hydrogens is 331 g/mol. The summed E-state index contributed by atoms with van der Waals surface area (Å²) in [5.41, 5.74) is 2.36. The van der Waals surface area contributed by atoms with Gasteiger partial charge in [-0.05, 0) is 41.6 Å². The van der Waals surface area contributed by atoms with Gasteiger partial charge < -0.3 is 5.32 Å². The van der Waals surface area contributed by atoms with Crippen molar-refractivity contribution in [3.05, 3.63) is 77.6 Å². The van der Waals surface area contributed by atoms with Gasteiger partial charge in [-0.1, -0.05) is 36.4 Å². The van der Waals surface area contributed by atoms with E-state index >= 15 is 0 Å². The molecule has 0 saturated carbocycles. The standard InChI is InChI=1S/C21H17FN2O2/c22-16-9-7-14(8-10-16)11-12-23-19(25)13-24-18-6-2-4-15-3-1-5-17(20(15)18)21(24)26/h1-10H,11-13H2,(H,23,25). The van der Waals surface area contributed by atoms with Crippen molar-refractivity contribution in [1.82, 2.24) is 5.32 Å². The second kappa shape index (κ2) is 6.59. The molecule has 0 aliphatic carbocycles. The minimum absolute atomic E-state index is 0.0178. The van der Waals surface area contributed by atoms with E-state index in [2.05, 4.69) is 5.32 Å². The first kappa shape index (κ1) is 16.3. The lowest BCUT2D eigenvalue weighted by molar-refractivity contribution is -0.119. The van der Waals surface area contributed by atoms with Gasteiger partial charge in [0.2, 0.25) is 5.91 Å². The maximum atomic E-state index is 12.9. The third-order valence-corrected chi connectivity index (χ3v) is 4.60. The fourth-order valence-corrected chi connectivity index (χ4v) is 3.33. The van der Waals surface area contributed by atoms with E-state index in [-0.39, 0.29) is 24.2 Å². The molecule has 3 aromatic carbocycles. The maximum absolute atomic E-state index is 12.9. The first-order valence-corrected chi connectivity index (χ1v) is 8.48. The van der Waals surface area contributed by atoms with Crippen LogP contribution in [-0.4, -0.2) is 24.9 Å². The summed E-state index contributed by atoms with van der Waals surface area (Å²) in [5.74, 6) is -0.644. The molecule has 1 aliphatic heterocycles. The van der Waals surface area contributed by atoms with Gasteiger partial charge in [0.15, 0.2) is 0 Å². The lowest BCUT2D eigenvalue weighted by Crippen LogP contribution is -2.39. The molecule has 3 aromatic rings. The Bertz CT molecular complexity index is 993. The molecule has 0 aromatic heterocycles. The largest absolute Gasteiger partial charge is 0.354 e. The molecule has 0 atom stereocenters. The van der Waals surface area contributed by atoms with Crippen LogP contribution in [0.1, 0.15) is 15.9 Å². The van der Waals surface area contributed by atoms with Crippen molar-refractivity contribution < 1.29 is 14.0 Å². The van der Waals surface area contributed by atoms with Crippen molar-refractivity contribution >= 4 is 28.3 Å². The molecule has 0 spiro atoms. The van der Waals surface area contributed by atoms with Gasteiger partial charge in [-0.2, -0.15) is 0 Å². The van der Waals surface area contributed by atoms with E-state index < -0.39 is 0 Å². The van der Waals surface area contributed by atoms with Crippen molar-refractivity contribution in [3.8, 4) is 0 Å². The molecule has 4 rings (SSSR count). The highest BCUT2D eigenvalue weighted by Gasteiger charge is 2.30. The Kier molecular flexibility index (Phi) is 4.13. The lowest BCUT2D eigenvalue weighted by Gasteiger charge is -2.17. The van der Waals surface area contributed by atoms with Crippen LogP contribution in [0.3, 0.4) is 0 Å². The maximum Gasteiger partial charge on any atom is 0.259 e. The average molecular weight is 348 g/mol. The number of nitrogens with one attached hydrogen (secondary N) is 1. The Morgan fingerprint density at radius 2 is 1.73 bits per heavy atom. The molecular formula is C21H17FN2O2. The van der Waals surface area contributed by atoms with E-state index in [0.29, 0.717) is 18.5 Å². The van der Waals surface area contributed by atoms with E-state index in [1.54, 1.807) is 18.2 Å². The lowest BCUT2D eigenvalue weighted by atomic mass is 10.1. The molecule has 1 aliphatic rings. The quantitative estimate of drug-likeness (QED) is 0.769. The molecule has 5 heteroatoms. The minimum Gasteiger partial charge on any atom is -0.354 e. The summed E-state index contributed by atoms with van der Waals surface area (Å²) in [6.45, 7) is 0.416. The minimum atomic E-state index is -0.279. The number of rotatable bonds is 5. The molecule has 1 N–H and O–H groups in total. The normalized spacial score (nSPS) is 12.7. The summed E-state index contributed by atoms with van der Waals surface area (Å²) < 4.78 is 12.9. The van der Waals surface area contributed by atoms with Gasteiger partial charge in [-0.25, -0.2) is 4.39 Å². The van der Waals surface area contributed by atoms with Gasteiger partial charge in [0.25, 0.3) is 5.91 Å². The summed E-state index contributed by atoms with van der Waals surface area (Å²) in [7, 11) is 0. The number of hydrogen-bond acceptors (Lipinski definition) is 2. The second-order valence-corrected chi connectivity index (χ2v) is 6.30. The van der Waals surface area contributed by atoms with Crippen molar-refractivity contribution in [2.45, 2.75) is 6.42 Å². The molecule has 2 amide bonds. The summed E-state index contributed by atoms with van der Waals surface area (Å²) in [6.07, 6.45) is 0.607. The number of carbonyl (C=O) groups is 2. The van der Waals surface area contributed by atoms with Gasteiger partial charge >= 0.3 is 0 Å². The monoisotopic (exact) mass is 348 g/mol. The Morgan fingerprint density at radius 1 is 1.00 bits per heavy atom. The number of halogens is 1. The second-order valence-electron chi connectivity index (χ2n) is 6.30. The Labute approximate surface area is 150 Å². The third-order valence-electron chi connectivity index (χ3n) is 4.60. The highest BCUT2D eigenvalue weighted by molar-refractivity contribution is 6.26. The van der Waals surface area contributed by atoms with Crippen molar-refractivity contribution in [1.29, 1.82) is 0 Å². The topological polar surface area (TPSA) is 49.4 Å². The van der Waals surface area contributed by atoms with E-state index in [9.17, 15) is 14.0 Å². The van der Waals surface area contributed by atoms with Crippen molar-refractivity contribution in [3.63, 3.8) is 0 Å². The van der Waals surface area contributed by atoms with Gasteiger partial charge in [0, 0.05) is 17.5 Å². The molecule has 1 heterocycles. The Balaban J connectivity index is 1.42. The van der Waals surface area contributed by atoms with Crippen molar-refractivity contribution in [2.24, 2.45) is 0 Å². The summed E-state index contributed by atoms with van der Waals surface area (Å²) in [6, 6.07) is 17.5. The first-order chi connectivity index (χ1) is 12.6. The SMILES string of the molecule is O=C(CN1C(=O)c2cccc3cccc1c23)NCCc1ccc(F)cc1.